The van der Waals surface area contributed by atoms with Crippen molar-refractivity contribution in [3.05, 3.63) is 78.3 Å². The maximum absolute atomic E-state index is 12.6. The van der Waals surface area contributed by atoms with Crippen LogP contribution in [-0.2, 0) is 17.9 Å². The fourth-order valence-corrected chi connectivity index (χ4v) is 3.48. The van der Waals surface area contributed by atoms with Crippen LogP contribution in [0.2, 0.25) is 0 Å². The molecule has 1 fully saturated rings. The van der Waals surface area contributed by atoms with Gasteiger partial charge >= 0.3 is 0 Å². The van der Waals surface area contributed by atoms with Gasteiger partial charge in [-0.15, -0.1) is 0 Å². The van der Waals surface area contributed by atoms with Gasteiger partial charge in [0.05, 0.1) is 12.6 Å². The van der Waals surface area contributed by atoms with Gasteiger partial charge in [-0.25, -0.2) is 4.98 Å². The molecule has 1 aromatic carbocycles. The number of amides is 2. The van der Waals surface area contributed by atoms with Crippen LogP contribution in [0.5, 0.6) is 0 Å². The van der Waals surface area contributed by atoms with Crippen LogP contribution < -0.4 is 5.32 Å². The lowest BCUT2D eigenvalue weighted by Crippen LogP contribution is -2.45. The van der Waals surface area contributed by atoms with Gasteiger partial charge in [-0.3, -0.25) is 9.59 Å². The Bertz CT molecular complexity index is 917. The first kappa shape index (κ1) is 18.0. The molecular formula is C21H22N4O3. The quantitative estimate of drug-likeness (QED) is 0.714. The van der Waals surface area contributed by atoms with Gasteiger partial charge in [0.1, 0.15) is 6.04 Å². The number of nitrogens with one attached hydrogen (secondary N) is 1. The Kier molecular flexibility index (Phi) is 5.23. The first-order valence-electron chi connectivity index (χ1n) is 9.36. The number of imidazole rings is 1. The third kappa shape index (κ3) is 3.98. The molecule has 1 aliphatic rings. The molecule has 0 aliphatic carbocycles. The van der Waals surface area contributed by atoms with Crippen molar-refractivity contribution in [3.63, 3.8) is 0 Å². The van der Waals surface area contributed by atoms with Crippen molar-refractivity contribution < 1.29 is 14.0 Å². The minimum atomic E-state index is -0.446. The highest BCUT2D eigenvalue weighted by molar-refractivity contribution is 5.95. The minimum Gasteiger partial charge on any atom is -0.459 e. The van der Waals surface area contributed by atoms with Gasteiger partial charge in [-0.1, -0.05) is 24.3 Å². The number of likely N-dealkylation sites (tertiary alicyclic amines) is 1. The summed E-state index contributed by atoms with van der Waals surface area (Å²) in [4.78, 5) is 30.8. The molecule has 3 heterocycles. The van der Waals surface area contributed by atoms with Gasteiger partial charge in [0.25, 0.3) is 5.91 Å². The number of benzene rings is 1. The van der Waals surface area contributed by atoms with Crippen molar-refractivity contribution in [1.82, 2.24) is 19.8 Å². The number of aromatic nitrogens is 2. The van der Waals surface area contributed by atoms with Gasteiger partial charge < -0.3 is 19.2 Å². The van der Waals surface area contributed by atoms with Crippen LogP contribution in [0.15, 0.2) is 65.8 Å². The van der Waals surface area contributed by atoms with Crippen molar-refractivity contribution in [3.8, 4) is 0 Å². The first-order valence-corrected chi connectivity index (χ1v) is 9.36. The first-order chi connectivity index (χ1) is 13.7. The van der Waals surface area contributed by atoms with Crippen LogP contribution in [0.1, 0.15) is 34.5 Å². The predicted molar refractivity (Wildman–Crippen MR) is 102 cm³/mol. The van der Waals surface area contributed by atoms with Crippen LogP contribution in [0.4, 0.5) is 0 Å². The maximum atomic E-state index is 12.6. The molecule has 0 bridgehead atoms. The standard InChI is InChI=1S/C21H22N4O3/c26-20(18-3-1-10-25(18)21(27)19-4-2-12-28-19)23-13-16-5-7-17(8-6-16)14-24-11-9-22-15-24/h2,4-9,11-12,15,18H,1,3,10,13-14H2,(H,23,26). The lowest BCUT2D eigenvalue weighted by Gasteiger charge is -2.23. The molecule has 2 aromatic heterocycles. The average molecular weight is 378 g/mol. The van der Waals surface area contributed by atoms with Gasteiger partial charge in [-0.05, 0) is 36.1 Å². The summed E-state index contributed by atoms with van der Waals surface area (Å²) in [6, 6.07) is 11.0. The SMILES string of the molecule is O=C(NCc1ccc(Cn2ccnc2)cc1)C1CCCN1C(=O)c1ccco1. The molecule has 7 nitrogen and oxygen atoms in total. The Labute approximate surface area is 163 Å². The molecule has 4 rings (SSSR count). The smallest absolute Gasteiger partial charge is 0.290 e. The van der Waals surface area contributed by atoms with Crippen LogP contribution in [0.25, 0.3) is 0 Å². The normalized spacial score (nSPS) is 16.3. The van der Waals surface area contributed by atoms with E-state index in [9.17, 15) is 9.59 Å². The molecule has 0 saturated carbocycles. The zero-order valence-corrected chi connectivity index (χ0v) is 15.5. The summed E-state index contributed by atoms with van der Waals surface area (Å²) in [6.07, 6.45) is 8.41. The van der Waals surface area contributed by atoms with E-state index in [0.717, 1.165) is 18.5 Å². The third-order valence-corrected chi connectivity index (χ3v) is 4.96. The minimum absolute atomic E-state index is 0.125. The van der Waals surface area contributed by atoms with Crippen molar-refractivity contribution in [2.75, 3.05) is 6.54 Å². The summed E-state index contributed by atoms with van der Waals surface area (Å²) < 4.78 is 7.19. The molecule has 3 aromatic rings. The number of carbonyl (C=O) groups excluding carboxylic acids is 2. The van der Waals surface area contributed by atoms with E-state index in [1.807, 2.05) is 35.0 Å². The van der Waals surface area contributed by atoms with E-state index in [0.29, 0.717) is 19.5 Å². The monoisotopic (exact) mass is 378 g/mol. The lowest BCUT2D eigenvalue weighted by molar-refractivity contribution is -0.125. The fraction of sp³-hybridized carbons (Fsp3) is 0.286. The molecule has 1 unspecified atom stereocenters. The average Bonchev–Trinajstić information content (AvgIpc) is 3.49. The van der Waals surface area contributed by atoms with Crippen LogP contribution in [0, 0.1) is 0 Å². The zero-order valence-electron chi connectivity index (χ0n) is 15.5. The largest absolute Gasteiger partial charge is 0.459 e. The molecular weight excluding hydrogens is 356 g/mol. The highest BCUT2D eigenvalue weighted by Gasteiger charge is 2.35. The van der Waals surface area contributed by atoms with Crippen molar-refractivity contribution in [2.45, 2.75) is 32.0 Å². The summed E-state index contributed by atoms with van der Waals surface area (Å²) in [5.74, 6) is -0.0837. The lowest BCUT2D eigenvalue weighted by atomic mass is 10.1. The molecule has 1 saturated heterocycles. The van der Waals surface area contributed by atoms with Crippen LogP contribution in [-0.4, -0.2) is 38.9 Å². The number of hydrogen-bond donors (Lipinski definition) is 1. The van der Waals surface area contributed by atoms with Gasteiger partial charge in [0.15, 0.2) is 5.76 Å². The number of hydrogen-bond acceptors (Lipinski definition) is 4. The van der Waals surface area contributed by atoms with Gasteiger partial charge in [0.2, 0.25) is 5.91 Å². The summed E-state index contributed by atoms with van der Waals surface area (Å²) in [7, 11) is 0. The van der Waals surface area contributed by atoms with Crippen LogP contribution >= 0.6 is 0 Å². The number of nitrogens with zero attached hydrogens (tertiary/aromatic N) is 3. The second kappa shape index (κ2) is 8.12. The summed E-state index contributed by atoms with van der Waals surface area (Å²) in [6.45, 7) is 1.77. The number of carbonyl (C=O) groups is 2. The molecule has 1 aliphatic heterocycles. The second-order valence-corrected chi connectivity index (χ2v) is 6.90. The van der Waals surface area contributed by atoms with E-state index in [1.54, 1.807) is 29.6 Å². The predicted octanol–water partition coefficient (Wildman–Crippen LogP) is 2.45. The topological polar surface area (TPSA) is 80.4 Å². The molecule has 144 valence electrons. The highest BCUT2D eigenvalue weighted by Crippen LogP contribution is 2.20. The Balaban J connectivity index is 1.32. The van der Waals surface area contributed by atoms with Crippen molar-refractivity contribution in [2.24, 2.45) is 0 Å². The van der Waals surface area contributed by atoms with Crippen molar-refractivity contribution in [1.29, 1.82) is 0 Å². The summed E-state index contributed by atoms with van der Waals surface area (Å²) in [5.41, 5.74) is 2.18. The van der Waals surface area contributed by atoms with E-state index in [2.05, 4.69) is 10.3 Å². The molecule has 2 amide bonds. The number of rotatable bonds is 6. The Morgan fingerprint density at radius 2 is 2.00 bits per heavy atom. The highest BCUT2D eigenvalue weighted by atomic mass is 16.3. The van der Waals surface area contributed by atoms with E-state index < -0.39 is 6.04 Å². The molecule has 7 heteroatoms. The Morgan fingerprint density at radius 1 is 1.18 bits per heavy atom. The van der Waals surface area contributed by atoms with Crippen molar-refractivity contribution >= 4 is 11.8 Å². The zero-order chi connectivity index (χ0) is 19.3. The van der Waals surface area contributed by atoms with E-state index in [4.69, 9.17) is 4.42 Å². The second-order valence-electron chi connectivity index (χ2n) is 6.90. The molecule has 28 heavy (non-hydrogen) atoms. The van der Waals surface area contributed by atoms with E-state index >= 15 is 0 Å². The van der Waals surface area contributed by atoms with Gasteiger partial charge in [0, 0.05) is 32.0 Å². The Hall–Kier alpha value is -3.35. The maximum Gasteiger partial charge on any atom is 0.290 e. The third-order valence-electron chi connectivity index (χ3n) is 4.96. The molecule has 0 spiro atoms. The fourth-order valence-electron chi connectivity index (χ4n) is 3.48. The number of furan rings is 1. The Morgan fingerprint density at radius 3 is 2.71 bits per heavy atom. The summed E-state index contributed by atoms with van der Waals surface area (Å²) in [5, 5.41) is 2.96. The summed E-state index contributed by atoms with van der Waals surface area (Å²) >= 11 is 0. The molecule has 1 N–H and O–H groups in total. The van der Waals surface area contributed by atoms with E-state index in [-0.39, 0.29) is 17.6 Å². The van der Waals surface area contributed by atoms with Crippen LogP contribution in [0.3, 0.4) is 0 Å². The molecule has 1 atom stereocenters. The van der Waals surface area contributed by atoms with Gasteiger partial charge in [-0.2, -0.15) is 0 Å². The van der Waals surface area contributed by atoms with E-state index in [1.165, 1.54) is 11.8 Å². The molecule has 0 radical (unpaired) electrons.